The third kappa shape index (κ3) is 2.04. The van der Waals surface area contributed by atoms with Gasteiger partial charge >= 0.3 is 0 Å². The van der Waals surface area contributed by atoms with Crippen LogP contribution in [0.3, 0.4) is 0 Å². The van der Waals surface area contributed by atoms with Gasteiger partial charge in [0.25, 0.3) is 0 Å². The van der Waals surface area contributed by atoms with Crippen LogP contribution >= 0.6 is 0 Å². The van der Waals surface area contributed by atoms with Crippen LogP contribution in [0.5, 0.6) is 0 Å². The number of rotatable bonds is 3. The van der Waals surface area contributed by atoms with Crippen molar-refractivity contribution in [2.24, 2.45) is 0 Å². The summed E-state index contributed by atoms with van der Waals surface area (Å²) in [5.41, 5.74) is 0. The summed E-state index contributed by atoms with van der Waals surface area (Å²) in [7, 11) is 0. The fraction of sp³-hybridized carbons (Fsp3) is 0.571. The van der Waals surface area contributed by atoms with E-state index in [1.54, 1.807) is 0 Å². The monoisotopic (exact) mass is 151 g/mol. The largest absolute Gasteiger partial charge is 0.338 e. The minimum absolute atomic E-state index is 0.205. The van der Waals surface area contributed by atoms with E-state index < -0.39 is 0 Å². The number of hydrogen-bond acceptors (Lipinski definition) is 4. The van der Waals surface area contributed by atoms with Crippen LogP contribution in [0.25, 0.3) is 0 Å². The van der Waals surface area contributed by atoms with E-state index in [-0.39, 0.29) is 6.42 Å². The molecule has 0 spiro atoms. The third-order valence-electron chi connectivity index (χ3n) is 1.21. The normalized spacial score (nSPS) is 9.45. The first-order chi connectivity index (χ1) is 5.36. The minimum atomic E-state index is 0.205. The lowest BCUT2D eigenvalue weighted by molar-refractivity contribution is 0.381. The molecule has 0 bridgehead atoms. The Morgan fingerprint density at radius 2 is 2.45 bits per heavy atom. The summed E-state index contributed by atoms with van der Waals surface area (Å²) in [5.74, 6) is 1.11. The van der Waals surface area contributed by atoms with E-state index in [0.717, 1.165) is 12.8 Å². The predicted octanol–water partition coefficient (Wildman–Crippen LogP) is 1.09. The van der Waals surface area contributed by atoms with Crippen LogP contribution in [0.4, 0.5) is 0 Å². The smallest absolute Gasteiger partial charge is 0.240 e. The molecule has 0 unspecified atom stereocenters. The Bertz CT molecular complexity index is 261. The highest BCUT2D eigenvalue weighted by atomic mass is 16.5. The molecule has 4 heteroatoms. The standard InChI is InChI=1S/C7H9N3O/c1-2-3-6-9-7(4-5-8)11-10-6/h2-4H2,1H3. The molecule has 0 aliphatic rings. The van der Waals surface area contributed by atoms with Crippen molar-refractivity contribution in [1.82, 2.24) is 10.1 Å². The van der Waals surface area contributed by atoms with Crippen molar-refractivity contribution in [3.63, 3.8) is 0 Å². The maximum absolute atomic E-state index is 8.28. The Hall–Kier alpha value is -1.37. The van der Waals surface area contributed by atoms with Crippen molar-refractivity contribution in [2.45, 2.75) is 26.2 Å². The van der Waals surface area contributed by atoms with E-state index in [2.05, 4.69) is 10.1 Å². The molecule has 0 aliphatic carbocycles. The summed E-state index contributed by atoms with van der Waals surface area (Å²) in [6.07, 6.45) is 2.01. The lowest BCUT2D eigenvalue weighted by atomic mass is 10.3. The van der Waals surface area contributed by atoms with Crippen LogP contribution in [0.1, 0.15) is 25.1 Å². The zero-order chi connectivity index (χ0) is 8.10. The first-order valence-corrected chi connectivity index (χ1v) is 3.55. The Morgan fingerprint density at radius 1 is 1.64 bits per heavy atom. The van der Waals surface area contributed by atoms with Crippen molar-refractivity contribution in [1.29, 1.82) is 5.26 Å². The van der Waals surface area contributed by atoms with E-state index >= 15 is 0 Å². The molecule has 1 rings (SSSR count). The van der Waals surface area contributed by atoms with Crippen LogP contribution in [-0.4, -0.2) is 10.1 Å². The first-order valence-electron chi connectivity index (χ1n) is 3.55. The van der Waals surface area contributed by atoms with Gasteiger partial charge in [-0.1, -0.05) is 12.1 Å². The molecule has 1 aromatic heterocycles. The zero-order valence-corrected chi connectivity index (χ0v) is 6.37. The zero-order valence-electron chi connectivity index (χ0n) is 6.37. The molecule has 0 saturated heterocycles. The van der Waals surface area contributed by atoms with Crippen LogP contribution in [0.2, 0.25) is 0 Å². The summed E-state index contributed by atoms with van der Waals surface area (Å²) >= 11 is 0. The van der Waals surface area contributed by atoms with Gasteiger partial charge in [-0.2, -0.15) is 10.2 Å². The second kappa shape index (κ2) is 3.71. The molecule has 0 N–H and O–H groups in total. The fourth-order valence-electron chi connectivity index (χ4n) is 0.755. The SMILES string of the molecule is CCCc1noc(CC#N)n1. The van der Waals surface area contributed by atoms with Crippen molar-refractivity contribution >= 4 is 0 Å². The molecule has 11 heavy (non-hydrogen) atoms. The van der Waals surface area contributed by atoms with Crippen molar-refractivity contribution in [3.05, 3.63) is 11.7 Å². The van der Waals surface area contributed by atoms with Gasteiger partial charge in [0.05, 0.1) is 6.07 Å². The molecule has 1 aromatic rings. The first kappa shape index (κ1) is 7.73. The maximum atomic E-state index is 8.28. The molecule has 0 saturated carbocycles. The van der Waals surface area contributed by atoms with Gasteiger partial charge < -0.3 is 4.52 Å². The molecule has 58 valence electrons. The number of aromatic nitrogens is 2. The molecule has 0 aliphatic heterocycles. The average molecular weight is 151 g/mol. The van der Waals surface area contributed by atoms with Gasteiger partial charge in [0.2, 0.25) is 5.89 Å². The lowest BCUT2D eigenvalue weighted by Crippen LogP contribution is -1.86. The highest BCUT2D eigenvalue weighted by Gasteiger charge is 2.03. The van der Waals surface area contributed by atoms with E-state index in [1.807, 2.05) is 13.0 Å². The fourth-order valence-corrected chi connectivity index (χ4v) is 0.755. The van der Waals surface area contributed by atoms with E-state index in [9.17, 15) is 0 Å². The summed E-state index contributed by atoms with van der Waals surface area (Å²) in [5, 5.41) is 12.0. The summed E-state index contributed by atoms with van der Waals surface area (Å²) < 4.78 is 4.77. The molecular formula is C7H9N3O. The van der Waals surface area contributed by atoms with Gasteiger partial charge in [-0.3, -0.25) is 0 Å². The van der Waals surface area contributed by atoms with Crippen LogP contribution in [-0.2, 0) is 12.8 Å². The van der Waals surface area contributed by atoms with Gasteiger partial charge in [0.15, 0.2) is 5.82 Å². The molecular weight excluding hydrogens is 142 g/mol. The summed E-state index contributed by atoms with van der Waals surface area (Å²) in [6, 6.07) is 1.94. The van der Waals surface area contributed by atoms with E-state index in [0.29, 0.717) is 11.7 Å². The Morgan fingerprint density at radius 3 is 3.09 bits per heavy atom. The quantitative estimate of drug-likeness (QED) is 0.648. The molecule has 0 amide bonds. The van der Waals surface area contributed by atoms with Crippen molar-refractivity contribution in [2.75, 3.05) is 0 Å². The van der Waals surface area contributed by atoms with E-state index in [4.69, 9.17) is 9.78 Å². The van der Waals surface area contributed by atoms with Gasteiger partial charge in [0, 0.05) is 6.42 Å². The molecule has 0 fully saturated rings. The van der Waals surface area contributed by atoms with Crippen LogP contribution < -0.4 is 0 Å². The second-order valence-corrected chi connectivity index (χ2v) is 2.19. The topological polar surface area (TPSA) is 62.7 Å². The van der Waals surface area contributed by atoms with Gasteiger partial charge in [-0.05, 0) is 6.42 Å². The van der Waals surface area contributed by atoms with Crippen molar-refractivity contribution < 1.29 is 4.52 Å². The lowest BCUT2D eigenvalue weighted by Gasteiger charge is -1.82. The molecule has 4 nitrogen and oxygen atoms in total. The van der Waals surface area contributed by atoms with E-state index in [1.165, 1.54) is 0 Å². The van der Waals surface area contributed by atoms with Gasteiger partial charge in [-0.25, -0.2) is 0 Å². The highest BCUT2D eigenvalue weighted by molar-refractivity contribution is 4.92. The Kier molecular flexibility index (Phi) is 2.61. The molecule has 0 aromatic carbocycles. The molecule has 0 atom stereocenters. The van der Waals surface area contributed by atoms with Crippen LogP contribution in [0, 0.1) is 11.3 Å². The van der Waals surface area contributed by atoms with Crippen molar-refractivity contribution in [3.8, 4) is 6.07 Å². The predicted molar refractivity (Wildman–Crippen MR) is 37.6 cm³/mol. The second-order valence-electron chi connectivity index (χ2n) is 2.19. The minimum Gasteiger partial charge on any atom is -0.338 e. The highest BCUT2D eigenvalue weighted by Crippen LogP contribution is 1.99. The maximum Gasteiger partial charge on any atom is 0.240 e. The Labute approximate surface area is 64.8 Å². The summed E-state index contributed by atoms with van der Waals surface area (Å²) in [6.45, 7) is 2.04. The number of nitriles is 1. The number of aryl methyl sites for hydroxylation is 1. The van der Waals surface area contributed by atoms with Gasteiger partial charge in [0.1, 0.15) is 6.42 Å². The van der Waals surface area contributed by atoms with Gasteiger partial charge in [-0.15, -0.1) is 0 Å². The summed E-state index contributed by atoms with van der Waals surface area (Å²) in [4.78, 5) is 3.99. The Balaban J connectivity index is 2.60. The molecule has 0 radical (unpaired) electrons. The van der Waals surface area contributed by atoms with Crippen LogP contribution in [0.15, 0.2) is 4.52 Å². The number of hydrogen-bond donors (Lipinski definition) is 0. The molecule has 1 heterocycles. The average Bonchev–Trinajstić information content (AvgIpc) is 2.38. The third-order valence-corrected chi connectivity index (χ3v) is 1.21. The number of nitrogens with zero attached hydrogens (tertiary/aromatic N) is 3.